The molecule has 0 spiro atoms. The topological polar surface area (TPSA) is 80.0 Å². The van der Waals surface area contributed by atoms with Gasteiger partial charge in [0.15, 0.2) is 11.8 Å². The first-order valence-corrected chi connectivity index (χ1v) is 8.15. The minimum absolute atomic E-state index is 0.0806. The van der Waals surface area contributed by atoms with Crippen molar-refractivity contribution in [1.82, 2.24) is 0 Å². The van der Waals surface area contributed by atoms with Crippen LogP contribution in [0.2, 0.25) is 0 Å². The molecule has 0 amide bonds. The Morgan fingerprint density at radius 1 is 1.41 bits per heavy atom. The molecule has 5 atom stereocenters. The summed E-state index contributed by atoms with van der Waals surface area (Å²) in [5, 5.41) is 0. The Morgan fingerprint density at radius 3 is 2.68 bits per heavy atom. The Labute approximate surface area is 132 Å². The zero-order chi connectivity index (χ0) is 16.5. The number of carbonyl (C=O) groups excluding carboxylic acids is 1. The van der Waals surface area contributed by atoms with Crippen molar-refractivity contribution in [3.05, 3.63) is 0 Å². The van der Waals surface area contributed by atoms with E-state index < -0.39 is 23.3 Å². The maximum absolute atomic E-state index is 12.2. The van der Waals surface area contributed by atoms with Crippen molar-refractivity contribution >= 4 is 5.97 Å². The molecule has 128 valence electrons. The van der Waals surface area contributed by atoms with E-state index >= 15 is 0 Å². The highest BCUT2D eigenvalue weighted by atomic mass is 16.7. The molecule has 2 aliphatic rings. The Balaban J connectivity index is 2.01. The number of esters is 1. The summed E-state index contributed by atoms with van der Waals surface area (Å²) in [6, 6.07) is 0. The number of nitrogens with two attached hydrogens (primary N) is 1. The lowest BCUT2D eigenvalue weighted by atomic mass is 9.90. The van der Waals surface area contributed by atoms with Crippen molar-refractivity contribution in [2.75, 3.05) is 13.2 Å². The van der Waals surface area contributed by atoms with E-state index in [1.807, 2.05) is 34.6 Å². The quantitative estimate of drug-likeness (QED) is 0.750. The van der Waals surface area contributed by atoms with Gasteiger partial charge in [0.25, 0.3) is 0 Å². The number of fused-ring (bicyclic) bond motifs is 1. The van der Waals surface area contributed by atoms with Crippen molar-refractivity contribution in [2.45, 2.75) is 77.6 Å². The van der Waals surface area contributed by atoms with Crippen molar-refractivity contribution < 1.29 is 23.7 Å². The summed E-state index contributed by atoms with van der Waals surface area (Å²) < 4.78 is 23.0. The smallest absolute Gasteiger partial charge is 0.311 e. The minimum Gasteiger partial charge on any atom is -0.457 e. The van der Waals surface area contributed by atoms with Crippen LogP contribution in [0.1, 0.15) is 47.5 Å². The second-order valence-corrected chi connectivity index (χ2v) is 6.94. The summed E-state index contributed by atoms with van der Waals surface area (Å²) in [5.41, 5.74) is 4.80. The Bertz CT molecular complexity index is 413. The summed E-state index contributed by atoms with van der Waals surface area (Å²) in [5.74, 6) is -0.247. The fourth-order valence-electron chi connectivity index (χ4n) is 2.58. The van der Waals surface area contributed by atoms with Gasteiger partial charge in [-0.1, -0.05) is 13.8 Å². The molecule has 2 rings (SSSR count). The second-order valence-electron chi connectivity index (χ2n) is 6.94. The van der Waals surface area contributed by atoms with E-state index in [4.69, 9.17) is 24.7 Å². The van der Waals surface area contributed by atoms with E-state index in [9.17, 15) is 4.79 Å². The lowest BCUT2D eigenvalue weighted by Crippen LogP contribution is -2.57. The molecule has 2 aliphatic heterocycles. The standard InChI is InChI=1S/C16H29NO5/c1-6-10(3)21-12-9-19-13-11(8-20-16(12,13)17)22-14(18)15(4,5)7-2/h10-13H,6-9,17H2,1-5H3/t10?,11?,12?,13-,16-/m1/s1. The van der Waals surface area contributed by atoms with Crippen LogP contribution in [0.3, 0.4) is 0 Å². The molecule has 0 bridgehead atoms. The largest absolute Gasteiger partial charge is 0.457 e. The SMILES string of the molecule is CCC(C)OC1CO[C@@H]2C(OC(=O)C(C)(C)CC)CO[C@]12N. The summed E-state index contributed by atoms with van der Waals surface area (Å²) >= 11 is 0. The minimum atomic E-state index is -1.04. The molecular formula is C16H29NO5. The molecule has 6 heteroatoms. The van der Waals surface area contributed by atoms with Gasteiger partial charge in [0, 0.05) is 0 Å². The van der Waals surface area contributed by atoms with Crippen LogP contribution in [-0.4, -0.2) is 49.3 Å². The molecule has 2 fully saturated rings. The van der Waals surface area contributed by atoms with Gasteiger partial charge in [-0.15, -0.1) is 0 Å². The third-order valence-corrected chi connectivity index (χ3v) is 4.88. The van der Waals surface area contributed by atoms with E-state index in [1.165, 1.54) is 0 Å². The Morgan fingerprint density at radius 2 is 2.09 bits per heavy atom. The van der Waals surface area contributed by atoms with E-state index in [1.54, 1.807) is 0 Å². The van der Waals surface area contributed by atoms with Crippen molar-refractivity contribution in [3.63, 3.8) is 0 Å². The lowest BCUT2D eigenvalue weighted by Gasteiger charge is -2.30. The van der Waals surface area contributed by atoms with Crippen LogP contribution in [0.4, 0.5) is 0 Å². The molecule has 0 aromatic heterocycles. The molecule has 3 unspecified atom stereocenters. The van der Waals surface area contributed by atoms with E-state index in [0.717, 1.165) is 6.42 Å². The maximum Gasteiger partial charge on any atom is 0.311 e. The molecule has 0 radical (unpaired) electrons. The fraction of sp³-hybridized carbons (Fsp3) is 0.938. The molecule has 2 heterocycles. The van der Waals surface area contributed by atoms with Gasteiger partial charge >= 0.3 is 5.97 Å². The Hall–Kier alpha value is -0.690. The van der Waals surface area contributed by atoms with Crippen LogP contribution < -0.4 is 5.73 Å². The van der Waals surface area contributed by atoms with Crippen LogP contribution in [-0.2, 0) is 23.7 Å². The van der Waals surface area contributed by atoms with Crippen LogP contribution in [0.15, 0.2) is 0 Å². The summed E-state index contributed by atoms with van der Waals surface area (Å²) in [6.07, 6.45) is 0.387. The van der Waals surface area contributed by atoms with Gasteiger partial charge < -0.3 is 18.9 Å². The highest BCUT2D eigenvalue weighted by molar-refractivity contribution is 5.76. The molecule has 0 saturated carbocycles. The molecule has 22 heavy (non-hydrogen) atoms. The van der Waals surface area contributed by atoms with Crippen molar-refractivity contribution in [3.8, 4) is 0 Å². The van der Waals surface area contributed by atoms with Crippen LogP contribution in [0, 0.1) is 5.41 Å². The van der Waals surface area contributed by atoms with Gasteiger partial charge in [0.2, 0.25) is 0 Å². The van der Waals surface area contributed by atoms with Crippen LogP contribution >= 0.6 is 0 Å². The van der Waals surface area contributed by atoms with Crippen molar-refractivity contribution in [2.24, 2.45) is 11.1 Å². The molecular weight excluding hydrogens is 286 g/mol. The van der Waals surface area contributed by atoms with Crippen LogP contribution in [0.25, 0.3) is 0 Å². The zero-order valence-electron chi connectivity index (χ0n) is 14.3. The molecule has 0 aliphatic carbocycles. The van der Waals surface area contributed by atoms with Crippen LogP contribution in [0.5, 0.6) is 0 Å². The van der Waals surface area contributed by atoms with Crippen molar-refractivity contribution in [1.29, 1.82) is 0 Å². The van der Waals surface area contributed by atoms with Gasteiger partial charge in [0.05, 0.1) is 24.7 Å². The lowest BCUT2D eigenvalue weighted by molar-refractivity contribution is -0.164. The predicted octanol–water partition coefficient (Wildman–Crippen LogP) is 1.60. The second kappa shape index (κ2) is 6.43. The fourth-order valence-corrected chi connectivity index (χ4v) is 2.58. The first kappa shape index (κ1) is 17.7. The van der Waals surface area contributed by atoms with Gasteiger partial charge in [-0.2, -0.15) is 0 Å². The molecule has 0 aromatic carbocycles. The normalized spacial score (nSPS) is 36.2. The Kier molecular flexibility index (Phi) is 5.16. The van der Waals surface area contributed by atoms with Gasteiger partial charge in [0.1, 0.15) is 12.2 Å². The first-order chi connectivity index (χ1) is 10.2. The average Bonchev–Trinajstić information content (AvgIpc) is 2.96. The number of hydrogen-bond acceptors (Lipinski definition) is 6. The third kappa shape index (κ3) is 3.15. The maximum atomic E-state index is 12.2. The molecule has 0 aromatic rings. The number of rotatable bonds is 6. The van der Waals surface area contributed by atoms with E-state index in [0.29, 0.717) is 13.0 Å². The molecule has 6 nitrogen and oxygen atoms in total. The third-order valence-electron chi connectivity index (χ3n) is 4.88. The van der Waals surface area contributed by atoms with Gasteiger partial charge in [-0.25, -0.2) is 0 Å². The summed E-state index contributed by atoms with van der Waals surface area (Å²) in [6.45, 7) is 10.3. The number of carbonyl (C=O) groups is 1. The van der Waals surface area contributed by atoms with Gasteiger partial charge in [-0.3, -0.25) is 10.5 Å². The summed E-state index contributed by atoms with van der Waals surface area (Å²) in [4.78, 5) is 12.2. The molecule has 2 N–H and O–H groups in total. The van der Waals surface area contributed by atoms with Gasteiger partial charge in [-0.05, 0) is 33.6 Å². The predicted molar refractivity (Wildman–Crippen MR) is 81.2 cm³/mol. The van der Waals surface area contributed by atoms with E-state index in [-0.39, 0.29) is 24.8 Å². The average molecular weight is 315 g/mol. The monoisotopic (exact) mass is 315 g/mol. The summed E-state index contributed by atoms with van der Waals surface area (Å²) in [7, 11) is 0. The first-order valence-electron chi connectivity index (χ1n) is 8.15. The zero-order valence-corrected chi connectivity index (χ0v) is 14.3. The highest BCUT2D eigenvalue weighted by Gasteiger charge is 2.60. The number of ether oxygens (including phenoxy) is 4. The molecule has 2 saturated heterocycles. The van der Waals surface area contributed by atoms with E-state index in [2.05, 4.69) is 0 Å². The highest BCUT2D eigenvalue weighted by Crippen LogP contribution is 2.38. The number of hydrogen-bond donors (Lipinski definition) is 1.